The highest BCUT2D eigenvalue weighted by molar-refractivity contribution is 5.71. The molecular weight excluding hydrogens is 253 g/mol. The van der Waals surface area contributed by atoms with E-state index in [1.54, 1.807) is 6.07 Å². The lowest BCUT2D eigenvalue weighted by atomic mass is 9.98. The lowest BCUT2D eigenvalue weighted by Crippen LogP contribution is -2.13. The lowest BCUT2D eigenvalue weighted by molar-refractivity contribution is 0.622. The van der Waals surface area contributed by atoms with E-state index in [1.807, 2.05) is 24.6 Å². The van der Waals surface area contributed by atoms with E-state index in [-0.39, 0.29) is 5.82 Å². The minimum Gasteiger partial charge on any atom is -0.313 e. The molecule has 0 spiro atoms. The Hall–Kier alpha value is -1.68. The molecule has 0 aliphatic carbocycles. The third kappa shape index (κ3) is 2.75. The molecule has 0 unspecified atom stereocenters. The molecule has 0 radical (unpaired) electrons. The van der Waals surface area contributed by atoms with Gasteiger partial charge in [0.2, 0.25) is 0 Å². The molecule has 108 valence electrons. The van der Waals surface area contributed by atoms with E-state index in [0.717, 1.165) is 41.2 Å². The van der Waals surface area contributed by atoms with E-state index in [1.165, 1.54) is 6.07 Å². The topological polar surface area (TPSA) is 29.9 Å². The lowest BCUT2D eigenvalue weighted by Gasteiger charge is -2.11. The molecule has 2 aromatic rings. The maximum absolute atomic E-state index is 13.5. The molecule has 0 atom stereocenters. The van der Waals surface area contributed by atoms with Crippen molar-refractivity contribution in [1.82, 2.24) is 15.1 Å². The van der Waals surface area contributed by atoms with Crippen LogP contribution in [0.25, 0.3) is 11.1 Å². The van der Waals surface area contributed by atoms with Crippen molar-refractivity contribution in [2.45, 2.75) is 40.8 Å². The molecule has 0 bridgehead atoms. The normalized spacial score (nSPS) is 11.1. The number of benzene rings is 1. The van der Waals surface area contributed by atoms with E-state index < -0.39 is 0 Å². The summed E-state index contributed by atoms with van der Waals surface area (Å²) < 4.78 is 15.5. The first-order valence-corrected chi connectivity index (χ1v) is 7.12. The first-order valence-electron chi connectivity index (χ1n) is 7.12. The molecule has 0 saturated carbocycles. The monoisotopic (exact) mass is 275 g/mol. The summed E-state index contributed by atoms with van der Waals surface area (Å²) >= 11 is 0. The first-order chi connectivity index (χ1) is 9.58. The van der Waals surface area contributed by atoms with E-state index >= 15 is 0 Å². The van der Waals surface area contributed by atoms with Crippen LogP contribution in [0, 0.1) is 19.7 Å². The van der Waals surface area contributed by atoms with Gasteiger partial charge in [-0.15, -0.1) is 0 Å². The molecule has 1 N–H and O–H groups in total. The van der Waals surface area contributed by atoms with Crippen LogP contribution in [0.2, 0.25) is 0 Å². The van der Waals surface area contributed by atoms with Crippen molar-refractivity contribution in [2.24, 2.45) is 0 Å². The smallest absolute Gasteiger partial charge is 0.123 e. The number of hydrogen-bond donors (Lipinski definition) is 1. The summed E-state index contributed by atoms with van der Waals surface area (Å²) in [4.78, 5) is 0. The van der Waals surface area contributed by atoms with Crippen LogP contribution in [0.1, 0.15) is 30.8 Å². The summed E-state index contributed by atoms with van der Waals surface area (Å²) in [5, 5.41) is 7.82. The van der Waals surface area contributed by atoms with Crippen LogP contribution < -0.4 is 5.32 Å². The zero-order valence-corrected chi connectivity index (χ0v) is 12.6. The molecule has 3 nitrogen and oxygen atoms in total. The predicted octanol–water partition coefficient (Wildman–Crippen LogP) is 3.44. The first kappa shape index (κ1) is 14.7. The summed E-state index contributed by atoms with van der Waals surface area (Å²) in [6, 6.07) is 4.99. The summed E-state index contributed by atoms with van der Waals surface area (Å²) in [7, 11) is 0. The van der Waals surface area contributed by atoms with Gasteiger partial charge < -0.3 is 5.32 Å². The Morgan fingerprint density at radius 3 is 2.60 bits per heavy atom. The standard InChI is InChI=1S/C16H22FN3/c1-5-18-10-13-9-14(17)7-8-15(13)16-11(3)19-20(6-2)12(16)4/h7-9,18H,5-6,10H2,1-4H3. The molecule has 0 amide bonds. The number of rotatable bonds is 5. The van der Waals surface area contributed by atoms with Crippen molar-refractivity contribution >= 4 is 0 Å². The second-order valence-electron chi connectivity index (χ2n) is 4.94. The van der Waals surface area contributed by atoms with Gasteiger partial charge in [-0.2, -0.15) is 5.10 Å². The Balaban J connectivity index is 2.54. The molecule has 1 aromatic heterocycles. The number of aryl methyl sites for hydroxylation is 2. The predicted molar refractivity (Wildman–Crippen MR) is 80.1 cm³/mol. The van der Waals surface area contributed by atoms with Crippen LogP contribution in [0.15, 0.2) is 18.2 Å². The van der Waals surface area contributed by atoms with Crippen molar-refractivity contribution < 1.29 is 4.39 Å². The minimum atomic E-state index is -0.195. The van der Waals surface area contributed by atoms with Crippen LogP contribution in [0.4, 0.5) is 4.39 Å². The summed E-state index contributed by atoms with van der Waals surface area (Å²) in [6.07, 6.45) is 0. The highest BCUT2D eigenvalue weighted by Crippen LogP contribution is 2.30. The van der Waals surface area contributed by atoms with Crippen LogP contribution in [-0.2, 0) is 13.1 Å². The Bertz CT molecular complexity index is 602. The van der Waals surface area contributed by atoms with Crippen molar-refractivity contribution in [1.29, 1.82) is 0 Å². The second kappa shape index (κ2) is 6.18. The quantitative estimate of drug-likeness (QED) is 0.906. The average Bonchev–Trinajstić information content (AvgIpc) is 2.72. The largest absolute Gasteiger partial charge is 0.313 e. The maximum atomic E-state index is 13.5. The Morgan fingerprint density at radius 2 is 2.00 bits per heavy atom. The summed E-state index contributed by atoms with van der Waals surface area (Å²) in [5.41, 5.74) is 5.30. The third-order valence-electron chi connectivity index (χ3n) is 3.58. The van der Waals surface area contributed by atoms with Gasteiger partial charge in [-0.05, 0) is 50.6 Å². The van der Waals surface area contributed by atoms with Gasteiger partial charge in [0.05, 0.1) is 5.69 Å². The molecule has 0 fully saturated rings. The molecule has 20 heavy (non-hydrogen) atoms. The molecule has 1 heterocycles. The second-order valence-corrected chi connectivity index (χ2v) is 4.94. The molecular formula is C16H22FN3. The Labute approximate surface area is 119 Å². The minimum absolute atomic E-state index is 0.195. The zero-order chi connectivity index (χ0) is 14.7. The van der Waals surface area contributed by atoms with Crippen molar-refractivity contribution in [3.05, 3.63) is 41.0 Å². The zero-order valence-electron chi connectivity index (χ0n) is 12.6. The molecule has 1 aromatic carbocycles. The summed E-state index contributed by atoms with van der Waals surface area (Å²) in [6.45, 7) is 10.6. The molecule has 0 aliphatic rings. The van der Waals surface area contributed by atoms with E-state index in [4.69, 9.17) is 0 Å². The van der Waals surface area contributed by atoms with Gasteiger partial charge in [-0.1, -0.05) is 13.0 Å². The maximum Gasteiger partial charge on any atom is 0.123 e. The summed E-state index contributed by atoms with van der Waals surface area (Å²) in [5.74, 6) is -0.195. The Kier molecular flexibility index (Phi) is 4.55. The van der Waals surface area contributed by atoms with Crippen LogP contribution >= 0.6 is 0 Å². The number of hydrogen-bond acceptors (Lipinski definition) is 2. The van der Waals surface area contributed by atoms with E-state index in [9.17, 15) is 4.39 Å². The average molecular weight is 275 g/mol. The fourth-order valence-electron chi connectivity index (χ4n) is 2.61. The number of halogens is 1. The highest BCUT2D eigenvalue weighted by Gasteiger charge is 2.16. The molecule has 0 aliphatic heterocycles. The molecule has 2 rings (SSSR count). The highest BCUT2D eigenvalue weighted by atomic mass is 19.1. The van der Waals surface area contributed by atoms with Gasteiger partial charge in [0.1, 0.15) is 5.82 Å². The van der Waals surface area contributed by atoms with E-state index in [2.05, 4.69) is 24.3 Å². The van der Waals surface area contributed by atoms with Crippen LogP contribution in [-0.4, -0.2) is 16.3 Å². The van der Waals surface area contributed by atoms with Crippen molar-refractivity contribution in [2.75, 3.05) is 6.54 Å². The van der Waals surface area contributed by atoms with Gasteiger partial charge in [0, 0.05) is 24.3 Å². The van der Waals surface area contributed by atoms with Gasteiger partial charge in [-0.3, -0.25) is 4.68 Å². The van der Waals surface area contributed by atoms with Crippen molar-refractivity contribution in [3.63, 3.8) is 0 Å². The van der Waals surface area contributed by atoms with E-state index in [0.29, 0.717) is 6.54 Å². The SMILES string of the molecule is CCNCc1cc(F)ccc1-c1c(C)nn(CC)c1C. The van der Waals surface area contributed by atoms with Gasteiger partial charge in [-0.25, -0.2) is 4.39 Å². The Morgan fingerprint density at radius 1 is 1.25 bits per heavy atom. The molecule has 4 heteroatoms. The molecule has 0 saturated heterocycles. The fourth-order valence-corrected chi connectivity index (χ4v) is 2.61. The number of aromatic nitrogens is 2. The number of nitrogens with one attached hydrogen (secondary N) is 1. The number of nitrogens with zero attached hydrogens (tertiary/aromatic N) is 2. The van der Waals surface area contributed by atoms with Gasteiger partial charge in [0.25, 0.3) is 0 Å². The van der Waals surface area contributed by atoms with Crippen molar-refractivity contribution in [3.8, 4) is 11.1 Å². The van der Waals surface area contributed by atoms with Gasteiger partial charge >= 0.3 is 0 Å². The van der Waals surface area contributed by atoms with Crippen LogP contribution in [0.5, 0.6) is 0 Å². The van der Waals surface area contributed by atoms with Gasteiger partial charge in [0.15, 0.2) is 0 Å². The van der Waals surface area contributed by atoms with Crippen LogP contribution in [0.3, 0.4) is 0 Å². The third-order valence-corrected chi connectivity index (χ3v) is 3.58. The fraction of sp³-hybridized carbons (Fsp3) is 0.438.